The molecule has 1 heterocycles. The molecular formula is C9H15ClIN3O3. The number of aromatic nitrogens is 2. The molecular weight excluding hydrogens is 360 g/mol. The van der Waals surface area contributed by atoms with Crippen LogP contribution in [-0.4, -0.2) is 40.6 Å². The van der Waals surface area contributed by atoms with Gasteiger partial charge in [0.1, 0.15) is 0 Å². The molecule has 1 aromatic rings. The highest BCUT2D eigenvalue weighted by atomic mass is 127. The van der Waals surface area contributed by atoms with Crippen molar-refractivity contribution in [3.63, 3.8) is 0 Å². The minimum absolute atomic E-state index is 0. The molecule has 3 N–H and O–H groups in total. The summed E-state index contributed by atoms with van der Waals surface area (Å²) >= 11 is 2.00. The molecule has 0 aromatic carbocycles. The van der Waals surface area contributed by atoms with E-state index in [4.69, 9.17) is 15.6 Å². The van der Waals surface area contributed by atoms with Gasteiger partial charge in [0.2, 0.25) is 0 Å². The van der Waals surface area contributed by atoms with Crippen LogP contribution >= 0.6 is 35.0 Å². The number of nitrogens with zero attached hydrogens (tertiary/aromatic N) is 2. The van der Waals surface area contributed by atoms with Crippen molar-refractivity contribution in [2.75, 3.05) is 19.8 Å². The van der Waals surface area contributed by atoms with E-state index in [1.165, 1.54) is 4.68 Å². The van der Waals surface area contributed by atoms with Gasteiger partial charge in [-0.1, -0.05) is 0 Å². The van der Waals surface area contributed by atoms with E-state index in [0.29, 0.717) is 15.9 Å². The van der Waals surface area contributed by atoms with Crippen LogP contribution in [0, 0.1) is 3.57 Å². The summed E-state index contributed by atoms with van der Waals surface area (Å²) in [6, 6.07) is -0.400. The molecule has 0 spiro atoms. The Bertz CT molecular complexity index is 368. The van der Waals surface area contributed by atoms with Crippen LogP contribution in [0.1, 0.15) is 23.5 Å². The van der Waals surface area contributed by atoms with Gasteiger partial charge >= 0.3 is 5.97 Å². The van der Waals surface area contributed by atoms with Gasteiger partial charge in [0.25, 0.3) is 0 Å². The lowest BCUT2D eigenvalue weighted by atomic mass is 10.3. The average Bonchev–Trinajstić information content (AvgIpc) is 2.63. The second-order valence-electron chi connectivity index (χ2n) is 3.08. The van der Waals surface area contributed by atoms with Crippen molar-refractivity contribution in [3.8, 4) is 0 Å². The molecule has 1 aromatic heterocycles. The van der Waals surface area contributed by atoms with Gasteiger partial charge in [0.05, 0.1) is 29.0 Å². The zero-order valence-corrected chi connectivity index (χ0v) is 12.3. The number of nitrogens with two attached hydrogens (primary N) is 1. The number of halogens is 2. The standard InChI is InChI=1S/C9H14IN3O3.ClH/c1-2-16-9(15)8-7(10)4-12-13(8)6(3-11)5-14;/h4,6,14H,2-3,5,11H2,1H3;1H/t6-;/m1./s1. The summed E-state index contributed by atoms with van der Waals surface area (Å²) in [4.78, 5) is 11.7. The molecule has 0 unspecified atom stereocenters. The molecule has 6 nitrogen and oxygen atoms in total. The maximum Gasteiger partial charge on any atom is 0.357 e. The fourth-order valence-corrected chi connectivity index (χ4v) is 1.85. The van der Waals surface area contributed by atoms with E-state index in [9.17, 15) is 4.79 Å². The van der Waals surface area contributed by atoms with Crippen molar-refractivity contribution in [3.05, 3.63) is 15.5 Å². The average molecular weight is 376 g/mol. The smallest absolute Gasteiger partial charge is 0.357 e. The molecule has 0 bridgehead atoms. The molecule has 1 atom stereocenters. The third-order valence-corrected chi connectivity index (χ3v) is 2.84. The van der Waals surface area contributed by atoms with E-state index in [0.717, 1.165) is 0 Å². The number of ether oxygens (including phenoxy) is 1. The first-order valence-electron chi connectivity index (χ1n) is 4.86. The van der Waals surface area contributed by atoms with Crippen molar-refractivity contribution >= 4 is 41.0 Å². The first kappa shape index (κ1) is 16.6. The summed E-state index contributed by atoms with van der Waals surface area (Å²) in [6.45, 7) is 2.08. The Labute approximate surface area is 119 Å². The molecule has 0 aliphatic heterocycles. The monoisotopic (exact) mass is 375 g/mol. The van der Waals surface area contributed by atoms with Crippen molar-refractivity contribution in [2.24, 2.45) is 5.73 Å². The number of hydrogen-bond acceptors (Lipinski definition) is 5. The summed E-state index contributed by atoms with van der Waals surface area (Å²) in [5.41, 5.74) is 5.83. The number of aliphatic hydroxyl groups is 1. The molecule has 17 heavy (non-hydrogen) atoms. The molecule has 8 heteroatoms. The van der Waals surface area contributed by atoms with Crippen molar-refractivity contribution in [1.82, 2.24) is 9.78 Å². The summed E-state index contributed by atoms with van der Waals surface area (Å²) in [5.74, 6) is -0.448. The number of carbonyl (C=O) groups excluding carboxylic acids is 1. The van der Waals surface area contributed by atoms with Crippen LogP contribution in [0.3, 0.4) is 0 Å². The number of carbonyl (C=O) groups is 1. The zero-order chi connectivity index (χ0) is 12.1. The number of aliphatic hydroxyl groups excluding tert-OH is 1. The summed E-state index contributed by atoms with van der Waals surface area (Å²) in [6.07, 6.45) is 1.55. The van der Waals surface area contributed by atoms with Crippen molar-refractivity contribution in [2.45, 2.75) is 13.0 Å². The van der Waals surface area contributed by atoms with Crippen LogP contribution in [0.25, 0.3) is 0 Å². The van der Waals surface area contributed by atoms with Gasteiger partial charge in [-0.2, -0.15) is 5.10 Å². The highest BCUT2D eigenvalue weighted by Gasteiger charge is 2.22. The molecule has 1 rings (SSSR count). The minimum atomic E-state index is -0.448. The van der Waals surface area contributed by atoms with Gasteiger partial charge in [-0.15, -0.1) is 12.4 Å². The first-order valence-corrected chi connectivity index (χ1v) is 5.94. The predicted octanol–water partition coefficient (Wildman–Crippen LogP) is 0.578. The summed E-state index contributed by atoms with van der Waals surface area (Å²) in [7, 11) is 0. The first-order chi connectivity index (χ1) is 7.65. The van der Waals surface area contributed by atoms with Crippen LogP contribution in [0.5, 0.6) is 0 Å². The van der Waals surface area contributed by atoms with Gasteiger partial charge in [-0.25, -0.2) is 4.79 Å². The van der Waals surface area contributed by atoms with E-state index in [1.807, 2.05) is 22.6 Å². The third kappa shape index (κ3) is 3.80. The molecule has 0 aliphatic carbocycles. The van der Waals surface area contributed by atoms with Crippen LogP contribution in [0.4, 0.5) is 0 Å². The topological polar surface area (TPSA) is 90.4 Å². The lowest BCUT2D eigenvalue weighted by Crippen LogP contribution is -2.27. The Kier molecular flexibility index (Phi) is 7.68. The molecule has 0 fully saturated rings. The van der Waals surface area contributed by atoms with Gasteiger partial charge in [-0.3, -0.25) is 4.68 Å². The highest BCUT2D eigenvalue weighted by molar-refractivity contribution is 14.1. The largest absolute Gasteiger partial charge is 0.461 e. The predicted molar refractivity (Wildman–Crippen MR) is 73.3 cm³/mol. The SMILES string of the molecule is CCOC(=O)c1c(I)cnn1[C@H](CN)CO.Cl. The molecule has 0 radical (unpaired) electrons. The van der Waals surface area contributed by atoms with E-state index in [1.54, 1.807) is 13.1 Å². The highest BCUT2D eigenvalue weighted by Crippen LogP contribution is 2.16. The zero-order valence-electron chi connectivity index (χ0n) is 9.30. The normalized spacial score (nSPS) is 11.8. The fraction of sp³-hybridized carbons (Fsp3) is 0.556. The Morgan fingerprint density at radius 2 is 2.41 bits per heavy atom. The Hall–Kier alpha value is -0.380. The Morgan fingerprint density at radius 3 is 2.88 bits per heavy atom. The van der Waals surface area contributed by atoms with Crippen LogP contribution in [0.15, 0.2) is 6.20 Å². The van der Waals surface area contributed by atoms with Gasteiger partial charge in [-0.05, 0) is 29.5 Å². The molecule has 0 aliphatic rings. The number of rotatable bonds is 5. The van der Waals surface area contributed by atoms with Crippen LogP contribution in [-0.2, 0) is 4.74 Å². The fourth-order valence-electron chi connectivity index (χ4n) is 1.26. The third-order valence-electron chi connectivity index (χ3n) is 2.05. The maximum absolute atomic E-state index is 11.7. The van der Waals surface area contributed by atoms with Gasteiger partial charge < -0.3 is 15.6 Å². The molecule has 0 amide bonds. The number of hydrogen-bond donors (Lipinski definition) is 2. The summed E-state index contributed by atoms with van der Waals surface area (Å²) < 4.78 is 7.02. The van der Waals surface area contributed by atoms with E-state index < -0.39 is 12.0 Å². The van der Waals surface area contributed by atoms with Crippen molar-refractivity contribution < 1.29 is 14.6 Å². The minimum Gasteiger partial charge on any atom is -0.461 e. The molecule has 0 saturated carbocycles. The van der Waals surface area contributed by atoms with E-state index >= 15 is 0 Å². The molecule has 98 valence electrons. The maximum atomic E-state index is 11.7. The molecule has 0 saturated heterocycles. The van der Waals surface area contributed by atoms with E-state index in [-0.39, 0.29) is 25.6 Å². The lowest BCUT2D eigenvalue weighted by molar-refractivity contribution is 0.0504. The second-order valence-corrected chi connectivity index (χ2v) is 4.24. The number of esters is 1. The van der Waals surface area contributed by atoms with Gasteiger partial charge in [0, 0.05) is 6.54 Å². The Morgan fingerprint density at radius 1 is 1.76 bits per heavy atom. The van der Waals surface area contributed by atoms with Crippen molar-refractivity contribution in [1.29, 1.82) is 0 Å². The van der Waals surface area contributed by atoms with E-state index in [2.05, 4.69) is 5.10 Å². The Balaban J connectivity index is 0.00000256. The lowest BCUT2D eigenvalue weighted by Gasteiger charge is -2.15. The quantitative estimate of drug-likeness (QED) is 0.580. The van der Waals surface area contributed by atoms with Crippen LogP contribution < -0.4 is 5.73 Å². The second kappa shape index (κ2) is 7.85. The summed E-state index contributed by atoms with van der Waals surface area (Å²) in [5, 5.41) is 13.2. The van der Waals surface area contributed by atoms with Crippen LogP contribution in [0.2, 0.25) is 0 Å². The van der Waals surface area contributed by atoms with Gasteiger partial charge in [0.15, 0.2) is 5.69 Å².